The molecule has 2 aromatic carbocycles. The Labute approximate surface area is 135 Å². The molecule has 3 rings (SSSR count). The van der Waals surface area contributed by atoms with Gasteiger partial charge in [-0.05, 0) is 29.8 Å². The van der Waals surface area contributed by atoms with Crippen LogP contribution >= 0.6 is 11.3 Å². The molecule has 0 aliphatic carbocycles. The quantitative estimate of drug-likeness (QED) is 0.739. The molecule has 0 aliphatic heterocycles. The first-order valence-electron chi connectivity index (χ1n) is 7.18. The highest BCUT2D eigenvalue weighted by Crippen LogP contribution is 2.24. The van der Waals surface area contributed by atoms with E-state index < -0.39 is 0 Å². The van der Waals surface area contributed by atoms with Gasteiger partial charge in [0.15, 0.2) is 0 Å². The molecule has 0 unspecified atom stereocenters. The van der Waals surface area contributed by atoms with Gasteiger partial charge in [0.2, 0.25) is 0 Å². The molecular formula is C18H19N3S. The topological polar surface area (TPSA) is 42.2 Å². The minimum absolute atomic E-state index is 0.778. The number of rotatable bonds is 4. The molecule has 3 nitrogen and oxygen atoms in total. The van der Waals surface area contributed by atoms with Crippen molar-refractivity contribution in [3.63, 3.8) is 0 Å². The predicted molar refractivity (Wildman–Crippen MR) is 95.5 cm³/mol. The number of nitrogen functional groups attached to an aromatic ring is 1. The number of nitrogens with zero attached hydrogens (tertiary/aromatic N) is 2. The molecule has 0 radical (unpaired) electrons. The Morgan fingerprint density at radius 3 is 2.32 bits per heavy atom. The summed E-state index contributed by atoms with van der Waals surface area (Å²) in [6.07, 6.45) is 0.868. The zero-order chi connectivity index (χ0) is 15.5. The van der Waals surface area contributed by atoms with E-state index in [0.29, 0.717) is 0 Å². The maximum atomic E-state index is 5.72. The van der Waals surface area contributed by atoms with Gasteiger partial charge in [0.25, 0.3) is 0 Å². The van der Waals surface area contributed by atoms with Crippen LogP contribution in [0.25, 0.3) is 11.3 Å². The molecule has 0 atom stereocenters. The number of benzene rings is 2. The van der Waals surface area contributed by atoms with Crippen LogP contribution in [-0.2, 0) is 6.42 Å². The second-order valence-electron chi connectivity index (χ2n) is 5.49. The van der Waals surface area contributed by atoms with E-state index in [-0.39, 0.29) is 0 Å². The zero-order valence-electron chi connectivity index (χ0n) is 12.8. The first-order chi connectivity index (χ1) is 10.6. The lowest BCUT2D eigenvalue weighted by molar-refractivity contribution is 1.11. The molecule has 0 bridgehead atoms. The molecule has 0 spiro atoms. The minimum atomic E-state index is 0.778. The van der Waals surface area contributed by atoms with E-state index in [9.17, 15) is 0 Å². The first kappa shape index (κ1) is 14.6. The highest BCUT2D eigenvalue weighted by atomic mass is 32.1. The third kappa shape index (κ3) is 3.28. The van der Waals surface area contributed by atoms with Gasteiger partial charge in [0, 0.05) is 42.8 Å². The monoisotopic (exact) mass is 309 g/mol. The highest BCUT2D eigenvalue weighted by molar-refractivity contribution is 7.10. The predicted octanol–water partition coefficient (Wildman–Crippen LogP) is 4.05. The van der Waals surface area contributed by atoms with Crippen LogP contribution in [0.2, 0.25) is 0 Å². The van der Waals surface area contributed by atoms with Gasteiger partial charge in [-0.2, -0.15) is 0 Å². The number of hydrogen-bond acceptors (Lipinski definition) is 4. The minimum Gasteiger partial charge on any atom is -0.399 e. The van der Waals surface area contributed by atoms with Crippen LogP contribution in [0.1, 0.15) is 10.6 Å². The Morgan fingerprint density at radius 2 is 1.68 bits per heavy atom. The SMILES string of the molecule is CN(C)c1ccc(Cc2nc(-c3ccc(N)cc3)cs2)cc1. The fourth-order valence-corrected chi connectivity index (χ4v) is 3.10. The third-order valence-corrected chi connectivity index (χ3v) is 4.42. The molecule has 0 fully saturated rings. The van der Waals surface area contributed by atoms with Gasteiger partial charge >= 0.3 is 0 Å². The molecule has 3 aromatic rings. The molecule has 0 saturated heterocycles. The van der Waals surface area contributed by atoms with E-state index in [1.807, 2.05) is 24.3 Å². The van der Waals surface area contributed by atoms with Crippen LogP contribution in [-0.4, -0.2) is 19.1 Å². The van der Waals surface area contributed by atoms with Gasteiger partial charge in [-0.1, -0.05) is 24.3 Å². The zero-order valence-corrected chi connectivity index (χ0v) is 13.6. The molecule has 0 aliphatic rings. The maximum Gasteiger partial charge on any atom is 0.0976 e. The Balaban J connectivity index is 1.75. The number of aromatic nitrogens is 1. The average molecular weight is 309 g/mol. The van der Waals surface area contributed by atoms with Crippen molar-refractivity contribution in [2.75, 3.05) is 24.7 Å². The van der Waals surface area contributed by atoms with Crippen molar-refractivity contribution >= 4 is 22.7 Å². The molecule has 22 heavy (non-hydrogen) atoms. The van der Waals surface area contributed by atoms with Crippen LogP contribution in [0.4, 0.5) is 11.4 Å². The summed E-state index contributed by atoms with van der Waals surface area (Å²) >= 11 is 1.70. The summed E-state index contributed by atoms with van der Waals surface area (Å²) in [5, 5.41) is 3.24. The van der Waals surface area contributed by atoms with Gasteiger partial charge in [0.05, 0.1) is 10.7 Å². The van der Waals surface area contributed by atoms with Gasteiger partial charge in [0.1, 0.15) is 0 Å². The van der Waals surface area contributed by atoms with Crippen molar-refractivity contribution < 1.29 is 0 Å². The summed E-state index contributed by atoms with van der Waals surface area (Å²) in [5.41, 5.74) is 11.1. The molecule has 1 aromatic heterocycles. The fourth-order valence-electron chi connectivity index (χ4n) is 2.27. The fraction of sp³-hybridized carbons (Fsp3) is 0.167. The molecular weight excluding hydrogens is 290 g/mol. The summed E-state index contributed by atoms with van der Waals surface area (Å²) in [5.74, 6) is 0. The van der Waals surface area contributed by atoms with E-state index in [4.69, 9.17) is 10.7 Å². The van der Waals surface area contributed by atoms with E-state index in [2.05, 4.69) is 48.6 Å². The Morgan fingerprint density at radius 1 is 1.00 bits per heavy atom. The van der Waals surface area contributed by atoms with Gasteiger partial charge in [-0.25, -0.2) is 4.98 Å². The summed E-state index contributed by atoms with van der Waals surface area (Å²) in [6.45, 7) is 0. The van der Waals surface area contributed by atoms with E-state index >= 15 is 0 Å². The highest BCUT2D eigenvalue weighted by Gasteiger charge is 2.06. The van der Waals surface area contributed by atoms with Crippen molar-refractivity contribution in [1.82, 2.24) is 4.98 Å². The van der Waals surface area contributed by atoms with Crippen molar-refractivity contribution in [2.24, 2.45) is 0 Å². The molecule has 0 amide bonds. The van der Waals surface area contributed by atoms with Crippen LogP contribution in [0.15, 0.2) is 53.9 Å². The second kappa shape index (κ2) is 6.20. The maximum absolute atomic E-state index is 5.72. The largest absolute Gasteiger partial charge is 0.399 e. The smallest absolute Gasteiger partial charge is 0.0976 e. The molecule has 0 saturated carbocycles. The van der Waals surface area contributed by atoms with E-state index in [1.165, 1.54) is 11.3 Å². The van der Waals surface area contributed by atoms with Crippen molar-refractivity contribution in [3.8, 4) is 11.3 Å². The first-order valence-corrected chi connectivity index (χ1v) is 8.06. The number of nitrogens with two attached hydrogens (primary N) is 1. The van der Waals surface area contributed by atoms with Gasteiger partial charge in [-0.3, -0.25) is 0 Å². The van der Waals surface area contributed by atoms with Crippen molar-refractivity contribution in [3.05, 3.63) is 64.5 Å². The summed E-state index contributed by atoms with van der Waals surface area (Å²) < 4.78 is 0. The lowest BCUT2D eigenvalue weighted by Gasteiger charge is -2.12. The Hall–Kier alpha value is -2.33. The molecule has 1 heterocycles. The van der Waals surface area contributed by atoms with E-state index in [0.717, 1.165) is 28.4 Å². The van der Waals surface area contributed by atoms with Crippen LogP contribution in [0.3, 0.4) is 0 Å². The number of thiazole rings is 1. The molecule has 4 heteroatoms. The standard InChI is InChI=1S/C18H19N3S/c1-21(2)16-9-3-13(4-10-16)11-18-20-17(12-22-18)14-5-7-15(19)8-6-14/h3-10,12H,11,19H2,1-2H3. The number of hydrogen-bond donors (Lipinski definition) is 1. The Bertz CT molecular complexity index is 743. The number of anilines is 2. The van der Waals surface area contributed by atoms with Gasteiger partial charge in [-0.15, -0.1) is 11.3 Å². The normalized spacial score (nSPS) is 10.6. The van der Waals surface area contributed by atoms with Crippen LogP contribution < -0.4 is 10.6 Å². The summed E-state index contributed by atoms with van der Waals surface area (Å²) in [4.78, 5) is 6.83. The lowest BCUT2D eigenvalue weighted by Crippen LogP contribution is -2.08. The van der Waals surface area contributed by atoms with Crippen molar-refractivity contribution in [2.45, 2.75) is 6.42 Å². The third-order valence-electron chi connectivity index (χ3n) is 3.57. The van der Waals surface area contributed by atoms with Crippen molar-refractivity contribution in [1.29, 1.82) is 0 Å². The van der Waals surface area contributed by atoms with Crippen LogP contribution in [0.5, 0.6) is 0 Å². The molecule has 2 N–H and O–H groups in total. The van der Waals surface area contributed by atoms with E-state index in [1.54, 1.807) is 11.3 Å². The lowest BCUT2D eigenvalue weighted by atomic mass is 10.1. The Kier molecular flexibility index (Phi) is 4.11. The molecule has 112 valence electrons. The average Bonchev–Trinajstić information content (AvgIpc) is 2.97. The summed E-state index contributed by atoms with van der Waals surface area (Å²) in [6, 6.07) is 16.5. The summed E-state index contributed by atoms with van der Waals surface area (Å²) in [7, 11) is 4.10. The van der Waals surface area contributed by atoms with Gasteiger partial charge < -0.3 is 10.6 Å². The van der Waals surface area contributed by atoms with Crippen LogP contribution in [0, 0.1) is 0 Å². The second-order valence-corrected chi connectivity index (χ2v) is 6.43.